The molecule has 0 aromatic carbocycles. The summed E-state index contributed by atoms with van der Waals surface area (Å²) in [5.41, 5.74) is 14.8. The van der Waals surface area contributed by atoms with Gasteiger partial charge in [0.25, 0.3) is 11.1 Å². The topological polar surface area (TPSA) is 523 Å². The number of anilines is 3. The van der Waals surface area contributed by atoms with Gasteiger partial charge >= 0.3 is 33.8 Å². The SMILES string of the molecule is Cc1cn([C@H]2C[C@H](OP(=O)(O)OC[C@H]3O[C@@H](n4cnc5c(=O)[nH]c(N)nc54)C[C@@H]3OP(=O)(OC[C@H]3O[C@@H](n4cnc5c(N)ncnc54)C[C@@H]3OP(=O)(O)OC[C@H]3O[C@@H](n4ccc(N)nc4=O)C[C@@H]3O)SCCC#N)[C@@H](CO)O2)c(=O)[nH]c1=O. The molecule has 10 heterocycles. The van der Waals surface area contributed by atoms with Crippen LogP contribution in [0.15, 0.2) is 56.6 Å². The average Bonchev–Trinajstić information content (AvgIpc) is 4.30. The molecule has 83 heavy (non-hydrogen) atoms. The summed E-state index contributed by atoms with van der Waals surface area (Å²) in [5, 5.41) is 30.5. The number of aliphatic hydroxyl groups excluding tert-OH is 2. The fraction of sp³-hybridized carbons (Fsp3) is 0.548. The van der Waals surface area contributed by atoms with Crippen LogP contribution in [0, 0.1) is 18.3 Å². The van der Waals surface area contributed by atoms with Crippen LogP contribution in [0.2, 0.25) is 0 Å². The van der Waals surface area contributed by atoms with E-state index >= 15 is 4.57 Å². The number of nitrogens with zero attached hydrogens (tertiary/aromatic N) is 11. The number of imidazole rings is 2. The zero-order chi connectivity index (χ0) is 59.1. The number of rotatable bonds is 23. The molecule has 4 saturated heterocycles. The highest BCUT2D eigenvalue weighted by molar-refractivity contribution is 8.55. The molecule has 6 aromatic rings. The van der Waals surface area contributed by atoms with Gasteiger partial charge in [0.15, 0.2) is 22.6 Å². The second kappa shape index (κ2) is 24.4. The van der Waals surface area contributed by atoms with Crippen molar-refractivity contribution in [1.82, 2.24) is 58.1 Å². The Morgan fingerprint density at radius 2 is 1.30 bits per heavy atom. The van der Waals surface area contributed by atoms with Gasteiger partial charge < -0.3 is 56.1 Å². The van der Waals surface area contributed by atoms with E-state index in [2.05, 4.69) is 39.9 Å². The lowest BCUT2D eigenvalue weighted by Crippen LogP contribution is -2.33. The van der Waals surface area contributed by atoms with Crippen LogP contribution in [0.4, 0.5) is 17.6 Å². The molecule has 0 radical (unpaired) electrons. The molecule has 3 unspecified atom stereocenters. The summed E-state index contributed by atoms with van der Waals surface area (Å²) in [7, 11) is -10.4. The molecule has 0 aliphatic carbocycles. The minimum Gasteiger partial charge on any atom is -0.394 e. The van der Waals surface area contributed by atoms with Crippen molar-refractivity contribution in [1.29, 1.82) is 5.26 Å². The van der Waals surface area contributed by atoms with Crippen molar-refractivity contribution in [3.8, 4) is 6.07 Å². The lowest BCUT2D eigenvalue weighted by Gasteiger charge is -2.27. The minimum absolute atomic E-state index is 0.0212. The van der Waals surface area contributed by atoms with E-state index in [1.165, 1.54) is 53.5 Å². The van der Waals surface area contributed by atoms with E-state index in [4.69, 9.17) is 63.3 Å². The number of aromatic amines is 2. The lowest BCUT2D eigenvalue weighted by molar-refractivity contribution is -0.0588. The number of aryl methyl sites for hydroxylation is 1. The number of nitrogens with one attached hydrogen (secondary N) is 2. The van der Waals surface area contributed by atoms with Gasteiger partial charge in [-0.1, -0.05) is 0 Å². The summed E-state index contributed by atoms with van der Waals surface area (Å²) >= 11 is 0.562. The second-order valence-electron chi connectivity index (χ2n) is 19.0. The second-order valence-corrected chi connectivity index (χ2v) is 26.0. The molecule has 448 valence electrons. The van der Waals surface area contributed by atoms with Crippen molar-refractivity contribution in [3.63, 3.8) is 0 Å². The Bertz CT molecular complexity index is 3820. The molecule has 37 nitrogen and oxygen atoms in total. The molecule has 0 spiro atoms. The number of H-pyrrole nitrogens is 2. The van der Waals surface area contributed by atoms with E-state index in [0.29, 0.717) is 11.4 Å². The van der Waals surface area contributed by atoms with E-state index in [0.717, 1.165) is 9.13 Å². The fourth-order valence-electron chi connectivity index (χ4n) is 9.50. The first kappa shape index (κ1) is 60.0. The summed E-state index contributed by atoms with van der Waals surface area (Å²) in [6.07, 6.45) is -10.4. The van der Waals surface area contributed by atoms with Crippen molar-refractivity contribution in [2.75, 3.05) is 49.4 Å². The van der Waals surface area contributed by atoms with Crippen LogP contribution < -0.4 is 39.7 Å². The van der Waals surface area contributed by atoms with Crippen molar-refractivity contribution in [3.05, 3.63) is 84.7 Å². The number of hydrogen-bond donors (Lipinski definition) is 9. The highest BCUT2D eigenvalue weighted by Gasteiger charge is 2.49. The number of aromatic nitrogens is 12. The first-order valence-corrected chi connectivity index (χ1v) is 31.1. The third kappa shape index (κ3) is 13.4. The number of fused-ring (bicyclic) bond motifs is 2. The Balaban J connectivity index is 0.882. The third-order valence-corrected chi connectivity index (χ3v) is 19.3. The molecular weight excluding hydrogens is 1190 g/mol. The van der Waals surface area contributed by atoms with E-state index < -0.39 is 145 Å². The third-order valence-electron chi connectivity index (χ3n) is 13.5. The molecule has 0 bridgehead atoms. The van der Waals surface area contributed by atoms with Crippen LogP contribution in [0.1, 0.15) is 62.6 Å². The predicted octanol–water partition coefficient (Wildman–Crippen LogP) is -0.514. The van der Waals surface area contributed by atoms with Crippen LogP contribution in [-0.2, 0) is 59.8 Å². The van der Waals surface area contributed by atoms with E-state index in [9.17, 15) is 53.6 Å². The molecule has 0 saturated carbocycles. The van der Waals surface area contributed by atoms with Crippen molar-refractivity contribution in [2.24, 2.45) is 0 Å². The molecule has 0 amide bonds. The quantitative estimate of drug-likeness (QED) is 0.0288. The van der Waals surface area contributed by atoms with Crippen molar-refractivity contribution < 1.29 is 79.8 Å². The summed E-state index contributed by atoms with van der Waals surface area (Å²) < 4.78 is 106. The Morgan fingerprint density at radius 3 is 1.96 bits per heavy atom. The molecular formula is C42H53N16O21P3S. The number of hydrogen-bond acceptors (Lipinski definition) is 30. The van der Waals surface area contributed by atoms with Gasteiger partial charge in [-0.3, -0.25) is 65.0 Å². The standard InChI is InChI=1S/C42H53N16O21P3S/c1-19-11-56(42(64)54-38(19)61)30-8-21(24(12-59)73-30)77-81(67,68)71-14-26-23(10-32(75-26)58-18-50-34-37(58)52-40(46)53-39(34)62)79-82(69,83-6-2-4-43)72-15-27-22(9-31(76-27)57-17-49-33-35(45)47-16-48-36(33)57)78-80(65,66)70-13-25-20(60)7-29(74-25)55-5-3-28(44)51-41(55)63/h3,5,11,16-18,20-27,29-32,59-60H,2,6-10,12-15H2,1H3,(H,65,66)(H,67,68)(H2,44,51,63)(H2,45,47,48)(H,54,61,64)(H3,46,52,53,62)/t20-,21-,22-,23-,24+,25+,26+,27+,29+,30+,31+,32+,82?/m0/s1. The lowest BCUT2D eigenvalue weighted by atomic mass is 10.2. The van der Waals surface area contributed by atoms with Crippen LogP contribution in [0.3, 0.4) is 0 Å². The number of nitrogen functional groups attached to an aromatic ring is 3. The highest BCUT2D eigenvalue weighted by atomic mass is 32.7. The Kier molecular flexibility index (Phi) is 17.7. The van der Waals surface area contributed by atoms with Gasteiger partial charge in [-0.15, -0.1) is 0 Å². The first-order valence-electron chi connectivity index (χ1n) is 25.0. The molecule has 4 fully saturated rings. The Morgan fingerprint density at radius 1 is 0.723 bits per heavy atom. The summed E-state index contributed by atoms with van der Waals surface area (Å²) in [6.45, 7) is -6.28. The van der Waals surface area contributed by atoms with E-state index in [1.54, 1.807) is 0 Å². The maximum atomic E-state index is 15.2. The van der Waals surface area contributed by atoms with Gasteiger partial charge in [0.2, 0.25) is 5.95 Å². The van der Waals surface area contributed by atoms with Gasteiger partial charge in [0.05, 0.1) is 51.3 Å². The largest absolute Gasteiger partial charge is 0.472 e. The molecule has 15 atom stereocenters. The molecule has 4 aliphatic heterocycles. The molecule has 6 aromatic heterocycles. The van der Waals surface area contributed by atoms with Gasteiger partial charge in [0, 0.05) is 55.8 Å². The van der Waals surface area contributed by atoms with Crippen molar-refractivity contribution >= 4 is 73.7 Å². The first-order chi connectivity index (χ1) is 39.5. The maximum Gasteiger partial charge on any atom is 0.472 e. The van der Waals surface area contributed by atoms with E-state index in [-0.39, 0.29) is 83.3 Å². The number of aliphatic hydroxyl groups is 2. The molecule has 10 rings (SSSR count). The number of nitrogens with two attached hydrogens (primary N) is 3. The summed E-state index contributed by atoms with van der Waals surface area (Å²) in [4.78, 5) is 101. The normalized spacial score (nSPS) is 28.6. The summed E-state index contributed by atoms with van der Waals surface area (Å²) in [6, 6.07) is 3.27. The zero-order valence-electron chi connectivity index (χ0n) is 43.1. The number of nitriles is 1. The Labute approximate surface area is 468 Å². The molecule has 12 N–H and O–H groups in total. The minimum atomic E-state index is -5.20. The van der Waals surface area contributed by atoms with Crippen LogP contribution in [0.25, 0.3) is 22.3 Å². The smallest absolute Gasteiger partial charge is 0.394 e. The average molecular weight is 1240 g/mol. The maximum absolute atomic E-state index is 15.2. The van der Waals surface area contributed by atoms with Gasteiger partial charge in [0.1, 0.15) is 85.3 Å². The van der Waals surface area contributed by atoms with Crippen LogP contribution >= 0.6 is 33.8 Å². The molecule has 41 heteroatoms. The van der Waals surface area contributed by atoms with Gasteiger partial charge in [-0.25, -0.2) is 43.2 Å². The van der Waals surface area contributed by atoms with Crippen LogP contribution in [0.5, 0.6) is 0 Å². The number of phosphoric ester groups is 2. The van der Waals surface area contributed by atoms with Crippen LogP contribution in [-0.4, -0.2) is 159 Å². The monoisotopic (exact) mass is 1240 g/mol. The molecule has 4 aliphatic rings. The highest BCUT2D eigenvalue weighted by Crippen LogP contribution is 2.64. The van der Waals surface area contributed by atoms with Crippen molar-refractivity contribution in [2.45, 2.75) is 113 Å². The van der Waals surface area contributed by atoms with Gasteiger partial charge in [-0.2, -0.15) is 15.2 Å². The van der Waals surface area contributed by atoms with E-state index in [1.807, 2.05) is 6.07 Å². The number of ether oxygens (including phenoxy) is 4. The Hall–Kier alpha value is -6.17. The number of phosphoric acid groups is 2. The predicted molar refractivity (Wildman–Crippen MR) is 281 cm³/mol. The fourth-order valence-corrected chi connectivity index (χ4v) is 14.8. The van der Waals surface area contributed by atoms with Gasteiger partial charge in [-0.05, 0) is 24.4 Å². The summed E-state index contributed by atoms with van der Waals surface area (Å²) in [5.74, 6) is -0.483. The zero-order valence-corrected chi connectivity index (χ0v) is 46.6.